The molecule has 1 heterocycles. The first kappa shape index (κ1) is 17.0. The molecule has 1 N–H and O–H groups in total. The maximum atomic E-state index is 12.4. The van der Waals surface area contributed by atoms with Crippen LogP contribution in [0.3, 0.4) is 0 Å². The molecular weight excluding hydrogens is 290 g/mol. The van der Waals surface area contributed by atoms with Gasteiger partial charge >= 0.3 is 5.69 Å². The Kier molecular flexibility index (Phi) is 5.70. The van der Waals surface area contributed by atoms with Gasteiger partial charge in [-0.2, -0.15) is 5.10 Å². The number of nitro groups is 1. The number of nitrogens with zero attached hydrogens (tertiary/aromatic N) is 4. The molecule has 0 radical (unpaired) electrons. The zero-order valence-electron chi connectivity index (χ0n) is 11.6. The fraction of sp³-hybridized carbons (Fsp3) is 0.636. The largest absolute Gasteiger partial charge is 0.395 e. The highest BCUT2D eigenvalue weighted by molar-refractivity contribution is 5.76. The molecule has 0 saturated carbocycles. The molecule has 0 bridgehead atoms. The van der Waals surface area contributed by atoms with Crippen LogP contribution in [0.15, 0.2) is 0 Å². The van der Waals surface area contributed by atoms with E-state index in [0.717, 1.165) is 9.58 Å². The lowest BCUT2D eigenvalue weighted by atomic mass is 10.3. The third-order valence-electron chi connectivity index (χ3n) is 2.89. The van der Waals surface area contributed by atoms with Gasteiger partial charge in [-0.3, -0.25) is 19.6 Å². The summed E-state index contributed by atoms with van der Waals surface area (Å²) in [7, 11) is 0. The van der Waals surface area contributed by atoms with E-state index in [9.17, 15) is 23.7 Å². The first-order valence-electron chi connectivity index (χ1n) is 6.13. The topological polar surface area (TPSA) is 102 Å². The number of hydrogen-bond acceptors (Lipinski definition) is 5. The Bertz CT molecular complexity index is 533. The monoisotopic (exact) mass is 306 g/mol. The van der Waals surface area contributed by atoms with Crippen molar-refractivity contribution < 1.29 is 23.6 Å². The quantitative estimate of drug-likeness (QED) is 0.583. The maximum Gasteiger partial charge on any atom is 0.312 e. The molecule has 0 aliphatic carbocycles. The molecule has 1 aromatic heterocycles. The highest BCUT2D eigenvalue weighted by atomic mass is 19.3. The van der Waals surface area contributed by atoms with Crippen LogP contribution < -0.4 is 0 Å². The molecule has 0 unspecified atom stereocenters. The van der Waals surface area contributed by atoms with Crippen LogP contribution in [0.5, 0.6) is 0 Å². The lowest BCUT2D eigenvalue weighted by Gasteiger charge is -2.21. The van der Waals surface area contributed by atoms with E-state index in [1.807, 2.05) is 0 Å². The third kappa shape index (κ3) is 4.18. The van der Waals surface area contributed by atoms with Crippen LogP contribution in [0.1, 0.15) is 11.4 Å². The predicted octanol–water partition coefficient (Wildman–Crippen LogP) is 0.494. The second kappa shape index (κ2) is 7.07. The molecule has 0 aliphatic rings. The van der Waals surface area contributed by atoms with Crippen LogP contribution in [0, 0.1) is 24.0 Å². The van der Waals surface area contributed by atoms with Crippen molar-refractivity contribution in [1.29, 1.82) is 0 Å². The second-order valence-corrected chi connectivity index (χ2v) is 4.39. The van der Waals surface area contributed by atoms with Gasteiger partial charge in [-0.05, 0) is 13.8 Å². The van der Waals surface area contributed by atoms with Gasteiger partial charge < -0.3 is 10.0 Å². The van der Waals surface area contributed by atoms with E-state index in [1.54, 1.807) is 0 Å². The van der Waals surface area contributed by atoms with Crippen molar-refractivity contribution in [3.63, 3.8) is 0 Å². The van der Waals surface area contributed by atoms with E-state index in [2.05, 4.69) is 5.10 Å². The predicted molar refractivity (Wildman–Crippen MR) is 68.0 cm³/mol. The molecule has 1 rings (SSSR count). The van der Waals surface area contributed by atoms with Crippen LogP contribution in [0.4, 0.5) is 14.5 Å². The molecule has 21 heavy (non-hydrogen) atoms. The minimum atomic E-state index is -2.73. The summed E-state index contributed by atoms with van der Waals surface area (Å²) >= 11 is 0. The summed E-state index contributed by atoms with van der Waals surface area (Å²) in [5, 5.41) is 23.5. The molecule has 0 saturated heterocycles. The molecular formula is C11H16F2N4O4. The van der Waals surface area contributed by atoms with E-state index < -0.39 is 37.0 Å². The summed E-state index contributed by atoms with van der Waals surface area (Å²) in [5.74, 6) is -0.690. The molecule has 1 amide bonds. The Labute approximate surface area is 119 Å². The van der Waals surface area contributed by atoms with Crippen molar-refractivity contribution in [2.45, 2.75) is 26.8 Å². The van der Waals surface area contributed by atoms with Crippen molar-refractivity contribution in [2.24, 2.45) is 0 Å². The number of aromatic nitrogens is 2. The Morgan fingerprint density at radius 2 is 2.14 bits per heavy atom. The molecule has 10 heteroatoms. The summed E-state index contributed by atoms with van der Waals surface area (Å²) in [4.78, 5) is 23.0. The first-order valence-corrected chi connectivity index (χ1v) is 6.13. The minimum absolute atomic E-state index is 0.146. The van der Waals surface area contributed by atoms with Crippen LogP contribution in [-0.4, -0.2) is 56.7 Å². The second-order valence-electron chi connectivity index (χ2n) is 4.39. The number of hydrogen-bond donors (Lipinski definition) is 1. The van der Waals surface area contributed by atoms with Gasteiger partial charge in [0.05, 0.1) is 18.1 Å². The molecule has 118 valence electrons. The van der Waals surface area contributed by atoms with Crippen LogP contribution in [0.2, 0.25) is 0 Å². The smallest absolute Gasteiger partial charge is 0.312 e. The lowest BCUT2D eigenvalue weighted by molar-refractivity contribution is -0.386. The summed E-state index contributed by atoms with van der Waals surface area (Å²) in [6, 6.07) is 0. The van der Waals surface area contributed by atoms with Gasteiger partial charge in [-0.1, -0.05) is 0 Å². The van der Waals surface area contributed by atoms with Gasteiger partial charge in [0.15, 0.2) is 0 Å². The van der Waals surface area contributed by atoms with Gasteiger partial charge in [-0.25, -0.2) is 8.78 Å². The Hall–Kier alpha value is -2.10. The number of aliphatic hydroxyl groups excluding tert-OH is 1. The standard InChI is InChI=1S/C11H16F2N4O4/c1-7-11(17(20)21)8(2)16(14-7)6-10(19)15(3-4-18)5-9(12)13/h9,18H,3-6H2,1-2H3. The number of aryl methyl sites for hydroxylation is 1. The highest BCUT2D eigenvalue weighted by Crippen LogP contribution is 2.21. The van der Waals surface area contributed by atoms with Gasteiger partial charge in [-0.15, -0.1) is 0 Å². The van der Waals surface area contributed by atoms with Crippen molar-refractivity contribution >= 4 is 11.6 Å². The molecule has 0 fully saturated rings. The normalized spacial score (nSPS) is 11.0. The maximum absolute atomic E-state index is 12.4. The summed E-state index contributed by atoms with van der Waals surface area (Å²) in [6.45, 7) is 0.972. The van der Waals surface area contributed by atoms with Gasteiger partial charge in [0.2, 0.25) is 5.91 Å². The average Bonchev–Trinajstić information content (AvgIpc) is 2.63. The molecule has 0 spiro atoms. The molecule has 0 aromatic carbocycles. The Morgan fingerprint density at radius 1 is 1.52 bits per heavy atom. The number of alkyl halides is 2. The fourth-order valence-electron chi connectivity index (χ4n) is 1.94. The number of halogens is 2. The number of carbonyl (C=O) groups excluding carboxylic acids is 1. The van der Waals surface area contributed by atoms with E-state index in [4.69, 9.17) is 5.11 Å². The molecule has 0 aliphatic heterocycles. The summed E-state index contributed by atoms with van der Waals surface area (Å²) < 4.78 is 25.8. The summed E-state index contributed by atoms with van der Waals surface area (Å²) in [5.41, 5.74) is 0.116. The molecule has 1 aromatic rings. The number of carbonyl (C=O) groups is 1. The Morgan fingerprint density at radius 3 is 2.57 bits per heavy atom. The van der Waals surface area contributed by atoms with Crippen molar-refractivity contribution in [2.75, 3.05) is 19.7 Å². The minimum Gasteiger partial charge on any atom is -0.395 e. The van der Waals surface area contributed by atoms with Crippen LogP contribution in [-0.2, 0) is 11.3 Å². The zero-order chi connectivity index (χ0) is 16.2. The first-order chi connectivity index (χ1) is 9.77. The third-order valence-corrected chi connectivity index (χ3v) is 2.89. The van der Waals surface area contributed by atoms with E-state index in [1.165, 1.54) is 13.8 Å². The van der Waals surface area contributed by atoms with E-state index in [-0.39, 0.29) is 23.6 Å². The molecule has 0 atom stereocenters. The van der Waals surface area contributed by atoms with Gasteiger partial charge in [0.1, 0.15) is 17.9 Å². The Balaban J connectivity index is 2.91. The van der Waals surface area contributed by atoms with Crippen LogP contribution >= 0.6 is 0 Å². The zero-order valence-corrected chi connectivity index (χ0v) is 11.6. The van der Waals surface area contributed by atoms with Gasteiger partial charge in [0.25, 0.3) is 6.43 Å². The highest BCUT2D eigenvalue weighted by Gasteiger charge is 2.25. The SMILES string of the molecule is Cc1nn(CC(=O)N(CCO)CC(F)F)c(C)c1[N+](=O)[O-]. The van der Waals surface area contributed by atoms with Gasteiger partial charge in [0, 0.05) is 6.54 Å². The lowest BCUT2D eigenvalue weighted by Crippen LogP contribution is -2.39. The van der Waals surface area contributed by atoms with E-state index in [0.29, 0.717) is 0 Å². The fourth-order valence-corrected chi connectivity index (χ4v) is 1.94. The van der Waals surface area contributed by atoms with Crippen molar-refractivity contribution in [1.82, 2.24) is 14.7 Å². The number of rotatable bonds is 7. The van der Waals surface area contributed by atoms with Crippen molar-refractivity contribution in [3.8, 4) is 0 Å². The number of amides is 1. The average molecular weight is 306 g/mol. The molecule has 8 nitrogen and oxygen atoms in total. The van der Waals surface area contributed by atoms with E-state index >= 15 is 0 Å². The van der Waals surface area contributed by atoms with Crippen molar-refractivity contribution in [3.05, 3.63) is 21.5 Å². The summed E-state index contributed by atoms with van der Waals surface area (Å²) in [6.07, 6.45) is -2.73. The number of aliphatic hydroxyl groups is 1. The van der Waals surface area contributed by atoms with Crippen LogP contribution in [0.25, 0.3) is 0 Å².